The van der Waals surface area contributed by atoms with Crippen molar-refractivity contribution < 1.29 is 21.6 Å². The van der Waals surface area contributed by atoms with Crippen LogP contribution >= 0.6 is 0 Å². The lowest BCUT2D eigenvalue weighted by Crippen LogP contribution is -2.50. The summed E-state index contributed by atoms with van der Waals surface area (Å²) in [6.45, 7) is 2.71. The third-order valence-corrected chi connectivity index (χ3v) is 8.77. The topological polar surface area (TPSA) is 95.1 Å². The zero-order valence-corrected chi connectivity index (χ0v) is 18.8. The van der Waals surface area contributed by atoms with Crippen molar-refractivity contribution in [2.75, 3.05) is 40.3 Å². The molecule has 0 saturated carbocycles. The van der Waals surface area contributed by atoms with E-state index in [9.17, 15) is 21.6 Å². The van der Waals surface area contributed by atoms with E-state index in [1.54, 1.807) is 35.2 Å². The van der Waals surface area contributed by atoms with Gasteiger partial charge in [0.15, 0.2) is 0 Å². The van der Waals surface area contributed by atoms with E-state index < -0.39 is 20.0 Å². The summed E-state index contributed by atoms with van der Waals surface area (Å²) < 4.78 is 52.7. The molecule has 1 amide bonds. The molecule has 0 aromatic heterocycles. The highest BCUT2D eigenvalue weighted by Gasteiger charge is 2.30. The first-order valence-corrected chi connectivity index (χ1v) is 12.3. The van der Waals surface area contributed by atoms with Crippen molar-refractivity contribution in [3.63, 3.8) is 0 Å². The second-order valence-corrected chi connectivity index (χ2v) is 11.4. The van der Waals surface area contributed by atoms with Gasteiger partial charge in [-0.1, -0.05) is 23.8 Å². The summed E-state index contributed by atoms with van der Waals surface area (Å²) in [7, 11) is -4.41. The number of sulfonamides is 2. The number of rotatable bonds is 5. The van der Waals surface area contributed by atoms with Crippen molar-refractivity contribution in [3.05, 3.63) is 59.7 Å². The Hall–Kier alpha value is -2.27. The van der Waals surface area contributed by atoms with Crippen molar-refractivity contribution in [1.82, 2.24) is 13.5 Å². The van der Waals surface area contributed by atoms with E-state index >= 15 is 0 Å². The molecule has 2 aromatic rings. The van der Waals surface area contributed by atoms with Gasteiger partial charge >= 0.3 is 0 Å². The van der Waals surface area contributed by atoms with Gasteiger partial charge in [0.25, 0.3) is 5.91 Å². The number of carbonyl (C=O) groups is 1. The molecule has 1 aliphatic heterocycles. The molecule has 0 bridgehead atoms. The zero-order valence-electron chi connectivity index (χ0n) is 17.1. The van der Waals surface area contributed by atoms with Crippen molar-refractivity contribution in [3.8, 4) is 0 Å². The molecule has 0 N–H and O–H groups in total. The third-order valence-electron chi connectivity index (χ3n) is 5.04. The first-order valence-electron chi connectivity index (χ1n) is 9.42. The minimum absolute atomic E-state index is 0.0407. The maximum Gasteiger partial charge on any atom is 0.253 e. The Morgan fingerprint density at radius 3 is 2.03 bits per heavy atom. The van der Waals surface area contributed by atoms with Crippen LogP contribution < -0.4 is 0 Å². The van der Waals surface area contributed by atoms with Crippen LogP contribution in [0.2, 0.25) is 0 Å². The fourth-order valence-electron chi connectivity index (χ4n) is 3.17. The number of carbonyl (C=O) groups excluding carboxylic acids is 1. The Kier molecular flexibility index (Phi) is 6.32. The molecular weight excluding hydrogens is 426 g/mol. The molecule has 1 saturated heterocycles. The molecule has 162 valence electrons. The van der Waals surface area contributed by atoms with Gasteiger partial charge in [-0.3, -0.25) is 4.79 Å². The largest absolute Gasteiger partial charge is 0.336 e. The van der Waals surface area contributed by atoms with Crippen LogP contribution in [0, 0.1) is 6.92 Å². The Bertz CT molecular complexity index is 1140. The van der Waals surface area contributed by atoms with Crippen LogP contribution in [0.1, 0.15) is 15.9 Å². The fourth-order valence-corrected chi connectivity index (χ4v) is 5.54. The van der Waals surface area contributed by atoms with Crippen LogP contribution in [0.15, 0.2) is 58.3 Å². The molecule has 0 radical (unpaired) electrons. The lowest BCUT2D eigenvalue weighted by molar-refractivity contribution is 0.0697. The van der Waals surface area contributed by atoms with Crippen LogP contribution in [0.5, 0.6) is 0 Å². The lowest BCUT2D eigenvalue weighted by atomic mass is 10.2. The number of hydrogen-bond donors (Lipinski definition) is 0. The second kappa shape index (κ2) is 8.46. The van der Waals surface area contributed by atoms with E-state index in [1.807, 2.05) is 6.92 Å². The molecular formula is C20H25N3O5S2. The van der Waals surface area contributed by atoms with Gasteiger partial charge in [-0.2, -0.15) is 4.31 Å². The Morgan fingerprint density at radius 1 is 0.867 bits per heavy atom. The standard InChI is InChI=1S/C20H25N3O5S2/c1-16-7-9-18(10-8-16)30(27,28)23-13-11-22(12-14-23)20(24)17-5-4-6-19(15-17)29(25,26)21(2)3/h4-10,15H,11-14H2,1-3H3. The third kappa shape index (κ3) is 4.41. The van der Waals surface area contributed by atoms with E-state index in [2.05, 4.69) is 0 Å². The molecule has 1 fully saturated rings. The SMILES string of the molecule is Cc1ccc(S(=O)(=O)N2CCN(C(=O)c3cccc(S(=O)(=O)N(C)C)c3)CC2)cc1. The average Bonchev–Trinajstić information content (AvgIpc) is 2.73. The Labute approximate surface area is 177 Å². The Balaban J connectivity index is 1.72. The van der Waals surface area contributed by atoms with Crippen LogP contribution in [0.25, 0.3) is 0 Å². The van der Waals surface area contributed by atoms with E-state index in [0.29, 0.717) is 0 Å². The summed E-state index contributed by atoms with van der Waals surface area (Å²) in [6, 6.07) is 12.6. The molecule has 1 heterocycles. The van der Waals surface area contributed by atoms with Gasteiger partial charge in [0, 0.05) is 45.8 Å². The van der Waals surface area contributed by atoms with Gasteiger partial charge in [-0.25, -0.2) is 21.1 Å². The smallest absolute Gasteiger partial charge is 0.253 e. The average molecular weight is 452 g/mol. The number of amides is 1. The highest BCUT2D eigenvalue weighted by molar-refractivity contribution is 7.89. The predicted molar refractivity (Wildman–Crippen MR) is 113 cm³/mol. The van der Waals surface area contributed by atoms with Crippen molar-refractivity contribution in [2.24, 2.45) is 0 Å². The number of nitrogens with zero attached hydrogens (tertiary/aromatic N) is 3. The van der Waals surface area contributed by atoms with Crippen molar-refractivity contribution in [1.29, 1.82) is 0 Å². The normalized spacial score (nSPS) is 16.1. The van der Waals surface area contributed by atoms with Gasteiger partial charge in [-0.05, 0) is 37.3 Å². The molecule has 2 aromatic carbocycles. The molecule has 30 heavy (non-hydrogen) atoms. The maximum atomic E-state index is 12.9. The van der Waals surface area contributed by atoms with Gasteiger partial charge in [-0.15, -0.1) is 0 Å². The molecule has 10 heteroatoms. The Morgan fingerprint density at radius 2 is 1.47 bits per heavy atom. The van der Waals surface area contributed by atoms with Gasteiger partial charge in [0.2, 0.25) is 20.0 Å². The van der Waals surface area contributed by atoms with Crippen LogP contribution in [0.3, 0.4) is 0 Å². The van der Waals surface area contributed by atoms with E-state index in [1.165, 1.54) is 36.6 Å². The molecule has 8 nitrogen and oxygen atoms in total. The molecule has 0 aliphatic carbocycles. The summed E-state index contributed by atoms with van der Waals surface area (Å²) >= 11 is 0. The number of aryl methyl sites for hydroxylation is 1. The quantitative estimate of drug-likeness (QED) is 0.685. The number of piperazine rings is 1. The van der Waals surface area contributed by atoms with E-state index in [0.717, 1.165) is 9.87 Å². The minimum Gasteiger partial charge on any atom is -0.336 e. The molecule has 0 unspecified atom stereocenters. The molecule has 0 spiro atoms. The number of hydrogen-bond acceptors (Lipinski definition) is 5. The summed E-state index contributed by atoms with van der Waals surface area (Å²) in [6.07, 6.45) is 0. The van der Waals surface area contributed by atoms with Gasteiger partial charge in [0.1, 0.15) is 0 Å². The van der Waals surface area contributed by atoms with Crippen molar-refractivity contribution in [2.45, 2.75) is 16.7 Å². The van der Waals surface area contributed by atoms with E-state index in [4.69, 9.17) is 0 Å². The lowest BCUT2D eigenvalue weighted by Gasteiger charge is -2.34. The summed E-state index contributed by atoms with van der Waals surface area (Å²) in [5.74, 6) is -0.321. The predicted octanol–water partition coefficient (Wildman–Crippen LogP) is 1.39. The highest BCUT2D eigenvalue weighted by atomic mass is 32.2. The van der Waals surface area contributed by atoms with Crippen molar-refractivity contribution >= 4 is 26.0 Å². The second-order valence-electron chi connectivity index (χ2n) is 7.32. The maximum absolute atomic E-state index is 12.9. The van der Waals surface area contributed by atoms with Gasteiger partial charge in [0.05, 0.1) is 9.79 Å². The highest BCUT2D eigenvalue weighted by Crippen LogP contribution is 2.20. The minimum atomic E-state index is -3.65. The first kappa shape index (κ1) is 22.4. The summed E-state index contributed by atoms with van der Waals surface area (Å²) in [5, 5.41) is 0. The molecule has 1 aliphatic rings. The first-order chi connectivity index (χ1) is 14.0. The van der Waals surface area contributed by atoms with Crippen LogP contribution in [-0.4, -0.2) is 76.5 Å². The monoisotopic (exact) mass is 451 g/mol. The summed E-state index contributed by atoms with van der Waals surface area (Å²) in [5.41, 5.74) is 1.23. The zero-order chi connectivity index (χ0) is 22.1. The number of benzene rings is 2. The molecule has 0 atom stereocenters. The fraction of sp³-hybridized carbons (Fsp3) is 0.350. The van der Waals surface area contributed by atoms with Crippen LogP contribution in [-0.2, 0) is 20.0 Å². The van der Waals surface area contributed by atoms with E-state index in [-0.39, 0.29) is 47.4 Å². The molecule has 3 rings (SSSR count). The van der Waals surface area contributed by atoms with Crippen LogP contribution in [0.4, 0.5) is 0 Å². The summed E-state index contributed by atoms with van der Waals surface area (Å²) in [4.78, 5) is 14.7. The van der Waals surface area contributed by atoms with Gasteiger partial charge < -0.3 is 4.90 Å².